The molecule has 0 aliphatic heterocycles. The van der Waals surface area contributed by atoms with Crippen LogP contribution in [0.25, 0.3) is 0 Å². The summed E-state index contributed by atoms with van der Waals surface area (Å²) in [6, 6.07) is 1.54. The highest BCUT2D eigenvalue weighted by atomic mass is 16.6. The van der Waals surface area contributed by atoms with Crippen LogP contribution in [0.1, 0.15) is 55.6 Å². The first-order valence-corrected chi connectivity index (χ1v) is 8.64. The Kier molecular flexibility index (Phi) is 6.07. The second-order valence-electron chi connectivity index (χ2n) is 7.46. The van der Waals surface area contributed by atoms with Crippen molar-refractivity contribution in [1.82, 2.24) is 9.47 Å². The van der Waals surface area contributed by atoms with Crippen LogP contribution in [0.5, 0.6) is 0 Å². The molecule has 144 valence electrons. The number of hydrogen-bond acceptors (Lipinski definition) is 5. The van der Waals surface area contributed by atoms with E-state index in [1.54, 1.807) is 38.6 Å². The summed E-state index contributed by atoms with van der Waals surface area (Å²) in [5.41, 5.74) is 4.91. The molecule has 1 aromatic rings. The zero-order chi connectivity index (χ0) is 19.5. The van der Waals surface area contributed by atoms with Crippen molar-refractivity contribution in [1.29, 1.82) is 0 Å². The molecule has 1 fully saturated rings. The number of nitrogens with two attached hydrogens (primary N) is 1. The summed E-state index contributed by atoms with van der Waals surface area (Å²) in [7, 11) is 1.55. The first kappa shape index (κ1) is 20.0. The molecule has 2 N–H and O–H groups in total. The number of pyridine rings is 1. The number of amides is 2. The van der Waals surface area contributed by atoms with Crippen LogP contribution in [-0.2, 0) is 16.0 Å². The Morgan fingerprint density at radius 3 is 2.50 bits per heavy atom. The fourth-order valence-electron chi connectivity index (χ4n) is 2.53. The predicted molar refractivity (Wildman–Crippen MR) is 96.0 cm³/mol. The van der Waals surface area contributed by atoms with Crippen LogP contribution < -0.4 is 11.3 Å². The molecule has 1 heterocycles. The lowest BCUT2D eigenvalue weighted by Crippen LogP contribution is -2.39. The van der Waals surface area contributed by atoms with Crippen LogP contribution in [-0.4, -0.2) is 47.3 Å². The molecule has 1 saturated carbocycles. The smallest absolute Gasteiger partial charge is 0.410 e. The molecule has 0 bridgehead atoms. The van der Waals surface area contributed by atoms with Crippen molar-refractivity contribution in [2.24, 2.45) is 5.73 Å². The predicted octanol–water partition coefficient (Wildman–Crippen LogP) is 1.67. The second-order valence-corrected chi connectivity index (χ2v) is 7.46. The van der Waals surface area contributed by atoms with Gasteiger partial charge in [0, 0.05) is 25.9 Å². The number of carbonyl (C=O) groups excluding carboxylic acids is 2. The van der Waals surface area contributed by atoms with Crippen molar-refractivity contribution in [2.45, 2.75) is 51.8 Å². The molecule has 8 nitrogen and oxygen atoms in total. The van der Waals surface area contributed by atoms with Gasteiger partial charge in [-0.05, 0) is 45.2 Å². The molecule has 2 amide bonds. The van der Waals surface area contributed by atoms with Crippen LogP contribution in [0.15, 0.2) is 17.1 Å². The highest BCUT2D eigenvalue weighted by molar-refractivity contribution is 5.92. The molecule has 0 atom stereocenters. The normalized spacial score (nSPS) is 14.2. The van der Waals surface area contributed by atoms with Gasteiger partial charge in [0.2, 0.25) is 0 Å². The Morgan fingerprint density at radius 1 is 1.35 bits per heavy atom. The molecule has 0 unspecified atom stereocenters. The van der Waals surface area contributed by atoms with E-state index in [1.165, 1.54) is 11.0 Å². The maximum Gasteiger partial charge on any atom is 0.410 e. The average molecular weight is 365 g/mol. The summed E-state index contributed by atoms with van der Waals surface area (Å²) in [6.45, 7) is 6.21. The summed E-state index contributed by atoms with van der Waals surface area (Å²) < 4.78 is 12.0. The van der Waals surface area contributed by atoms with Gasteiger partial charge >= 0.3 is 6.09 Å². The monoisotopic (exact) mass is 365 g/mol. The third-order valence-electron chi connectivity index (χ3n) is 3.90. The van der Waals surface area contributed by atoms with Crippen molar-refractivity contribution in [3.63, 3.8) is 0 Å². The van der Waals surface area contributed by atoms with E-state index in [1.807, 2.05) is 0 Å². The number of carbonyl (C=O) groups is 2. The zero-order valence-corrected chi connectivity index (χ0v) is 15.8. The van der Waals surface area contributed by atoms with Crippen molar-refractivity contribution in [3.05, 3.63) is 33.7 Å². The number of hydrogen-bond donors (Lipinski definition) is 1. The zero-order valence-electron chi connectivity index (χ0n) is 15.8. The number of methoxy groups -OCH3 is 1. The van der Waals surface area contributed by atoms with Crippen molar-refractivity contribution >= 4 is 12.0 Å². The van der Waals surface area contributed by atoms with Crippen LogP contribution in [0, 0.1) is 0 Å². The summed E-state index contributed by atoms with van der Waals surface area (Å²) in [5.74, 6) is -0.771. The molecule has 1 aliphatic carbocycles. The van der Waals surface area contributed by atoms with Crippen molar-refractivity contribution in [3.8, 4) is 0 Å². The molecular weight excluding hydrogens is 338 g/mol. The van der Waals surface area contributed by atoms with E-state index >= 15 is 0 Å². The van der Waals surface area contributed by atoms with Crippen LogP contribution in [0.4, 0.5) is 4.79 Å². The van der Waals surface area contributed by atoms with E-state index in [0.29, 0.717) is 18.7 Å². The van der Waals surface area contributed by atoms with Crippen LogP contribution in [0.3, 0.4) is 0 Å². The van der Waals surface area contributed by atoms with Gasteiger partial charge in [-0.25, -0.2) is 4.79 Å². The Morgan fingerprint density at radius 2 is 2.00 bits per heavy atom. The molecule has 0 saturated heterocycles. The van der Waals surface area contributed by atoms with Crippen LogP contribution in [0.2, 0.25) is 0 Å². The number of rotatable bonds is 7. The number of ether oxygens (including phenoxy) is 2. The van der Waals surface area contributed by atoms with Gasteiger partial charge < -0.3 is 24.7 Å². The second kappa shape index (κ2) is 7.90. The van der Waals surface area contributed by atoms with Gasteiger partial charge in [-0.15, -0.1) is 0 Å². The fourth-order valence-corrected chi connectivity index (χ4v) is 2.53. The number of nitrogens with zero attached hydrogens (tertiary/aromatic N) is 2. The van der Waals surface area contributed by atoms with Gasteiger partial charge in [0.25, 0.3) is 11.5 Å². The largest absolute Gasteiger partial charge is 0.444 e. The summed E-state index contributed by atoms with van der Waals surface area (Å²) in [5, 5.41) is 0. The summed E-state index contributed by atoms with van der Waals surface area (Å²) in [4.78, 5) is 37.9. The molecule has 8 heteroatoms. The molecule has 0 aromatic carbocycles. The van der Waals surface area contributed by atoms with Gasteiger partial charge in [-0.1, -0.05) is 0 Å². The minimum atomic E-state index is -0.771. The van der Waals surface area contributed by atoms with E-state index in [0.717, 1.165) is 12.8 Å². The summed E-state index contributed by atoms with van der Waals surface area (Å²) in [6.07, 6.45) is 2.98. The maximum atomic E-state index is 12.5. The van der Waals surface area contributed by atoms with Gasteiger partial charge in [0.1, 0.15) is 11.2 Å². The van der Waals surface area contributed by atoms with E-state index < -0.39 is 17.6 Å². The SMILES string of the molecule is COCCN(Cc1cc(C(N)=O)c(=O)n(C2CC2)c1)C(=O)OC(C)(C)C. The number of primary amides is 1. The minimum Gasteiger partial charge on any atom is -0.444 e. The third kappa shape index (κ3) is 5.32. The first-order chi connectivity index (χ1) is 12.1. The van der Waals surface area contributed by atoms with Crippen molar-refractivity contribution in [2.75, 3.05) is 20.3 Å². The standard InChI is InChI=1S/C18H27N3O5/c1-18(2,3)26-17(24)20(7-8-25-4)10-12-9-14(15(19)22)16(23)21(11-12)13-5-6-13/h9,11,13H,5-8,10H2,1-4H3,(H2,19,22). The molecule has 0 radical (unpaired) electrons. The Bertz CT molecular complexity index is 731. The lowest BCUT2D eigenvalue weighted by atomic mass is 10.1. The molecule has 2 rings (SSSR count). The molecule has 1 aromatic heterocycles. The molecule has 1 aliphatic rings. The highest BCUT2D eigenvalue weighted by Gasteiger charge is 2.28. The molecule has 26 heavy (non-hydrogen) atoms. The van der Waals surface area contributed by atoms with Crippen molar-refractivity contribution < 1.29 is 19.1 Å². The number of aromatic nitrogens is 1. The van der Waals surface area contributed by atoms with E-state index in [4.69, 9.17) is 15.2 Å². The van der Waals surface area contributed by atoms with Crippen LogP contribution >= 0.6 is 0 Å². The summed E-state index contributed by atoms with van der Waals surface area (Å²) >= 11 is 0. The lowest BCUT2D eigenvalue weighted by molar-refractivity contribution is 0.0183. The lowest BCUT2D eigenvalue weighted by Gasteiger charge is -2.27. The average Bonchev–Trinajstić information content (AvgIpc) is 3.35. The van der Waals surface area contributed by atoms with E-state index in [-0.39, 0.29) is 23.7 Å². The molecular formula is C18H27N3O5. The van der Waals surface area contributed by atoms with Gasteiger partial charge in [0.05, 0.1) is 13.2 Å². The van der Waals surface area contributed by atoms with E-state index in [2.05, 4.69) is 0 Å². The molecule has 0 spiro atoms. The van der Waals surface area contributed by atoms with Gasteiger partial charge in [0.15, 0.2) is 0 Å². The maximum absolute atomic E-state index is 12.5. The fraction of sp³-hybridized carbons (Fsp3) is 0.611. The third-order valence-corrected chi connectivity index (χ3v) is 3.90. The minimum absolute atomic E-state index is 0.0646. The van der Waals surface area contributed by atoms with Gasteiger partial charge in [-0.2, -0.15) is 0 Å². The highest BCUT2D eigenvalue weighted by Crippen LogP contribution is 2.33. The van der Waals surface area contributed by atoms with E-state index in [9.17, 15) is 14.4 Å². The first-order valence-electron chi connectivity index (χ1n) is 8.64. The Hall–Kier alpha value is -2.35. The van der Waals surface area contributed by atoms with Gasteiger partial charge in [-0.3, -0.25) is 9.59 Å². The topological polar surface area (TPSA) is 104 Å². The quantitative estimate of drug-likeness (QED) is 0.791. The Balaban J connectivity index is 2.30. The Labute approximate surface area is 152 Å².